The normalized spacial score (nSPS) is 12.2. The number of hydrogen-bond donors (Lipinski definition) is 1. The number of fused-ring (bicyclic) bond motifs is 1. The minimum atomic E-state index is -0.559. The molecule has 6 heteroatoms. The van der Waals surface area contributed by atoms with Crippen LogP contribution in [0.4, 0.5) is 10.5 Å². The number of amides is 1. The number of nitrogens with zero attached hydrogens (tertiary/aromatic N) is 2. The molecule has 5 nitrogen and oxygen atoms in total. The lowest BCUT2D eigenvalue weighted by Gasteiger charge is -2.34. The lowest BCUT2D eigenvalue weighted by atomic mass is 9.84. The number of rotatable bonds is 5. The van der Waals surface area contributed by atoms with Crippen molar-refractivity contribution in [3.8, 4) is 0 Å². The summed E-state index contributed by atoms with van der Waals surface area (Å²) in [6, 6.07) is 13.8. The van der Waals surface area contributed by atoms with Crippen LogP contribution in [0.25, 0.3) is 10.9 Å². The highest BCUT2D eigenvalue weighted by Gasteiger charge is 2.33. The molecule has 0 atom stereocenters. The molecule has 1 aromatic heterocycles. The number of carbonyl (C=O) groups excluding carboxylic acids is 1. The molecule has 2 aromatic carbocycles. The Morgan fingerprint density at radius 1 is 1.10 bits per heavy atom. The zero-order chi connectivity index (χ0) is 21.2. The summed E-state index contributed by atoms with van der Waals surface area (Å²) in [7, 11) is 0. The second kappa shape index (κ2) is 8.07. The summed E-state index contributed by atoms with van der Waals surface area (Å²) in [6.45, 7) is 9.85. The van der Waals surface area contributed by atoms with Crippen LogP contribution in [0.5, 0.6) is 0 Å². The van der Waals surface area contributed by atoms with Gasteiger partial charge in [0.15, 0.2) is 0 Å². The van der Waals surface area contributed by atoms with Gasteiger partial charge in [-0.15, -0.1) is 0 Å². The van der Waals surface area contributed by atoms with E-state index in [1.165, 1.54) is 0 Å². The lowest BCUT2D eigenvalue weighted by Crippen LogP contribution is -2.34. The van der Waals surface area contributed by atoms with Gasteiger partial charge in [0.1, 0.15) is 5.60 Å². The molecule has 0 fully saturated rings. The first-order valence-corrected chi connectivity index (χ1v) is 10.3. The first-order chi connectivity index (χ1) is 13.7. The number of nitrogens with one attached hydrogen (secondary N) is 1. The molecule has 0 aliphatic heterocycles. The van der Waals surface area contributed by atoms with Crippen LogP contribution in [0.1, 0.15) is 53.0 Å². The van der Waals surface area contributed by atoms with Gasteiger partial charge in [0.2, 0.25) is 0 Å². The highest BCUT2D eigenvalue weighted by Crippen LogP contribution is 2.37. The minimum Gasteiger partial charge on any atom is -0.444 e. The molecule has 3 rings (SSSR count). The summed E-state index contributed by atoms with van der Waals surface area (Å²) in [5, 5.41) is 9.19. The molecule has 0 bridgehead atoms. The Morgan fingerprint density at radius 3 is 2.34 bits per heavy atom. The van der Waals surface area contributed by atoms with E-state index in [2.05, 4.69) is 36.0 Å². The van der Waals surface area contributed by atoms with Crippen LogP contribution in [0.3, 0.4) is 0 Å². The van der Waals surface area contributed by atoms with Crippen LogP contribution in [0.15, 0.2) is 48.7 Å². The van der Waals surface area contributed by atoms with Gasteiger partial charge < -0.3 is 4.74 Å². The lowest BCUT2D eigenvalue weighted by molar-refractivity contribution is 0.0636. The third-order valence-corrected chi connectivity index (χ3v) is 5.46. The Labute approximate surface area is 177 Å². The number of aromatic nitrogens is 2. The van der Waals surface area contributed by atoms with Crippen molar-refractivity contribution >= 4 is 34.3 Å². The summed E-state index contributed by atoms with van der Waals surface area (Å²) in [6.07, 6.45) is 3.06. The zero-order valence-corrected chi connectivity index (χ0v) is 18.4. The second-order valence-electron chi connectivity index (χ2n) is 8.17. The third kappa shape index (κ3) is 4.25. The van der Waals surface area contributed by atoms with Crippen molar-refractivity contribution in [1.29, 1.82) is 0 Å². The molecule has 0 spiro atoms. The first kappa shape index (κ1) is 21.2. The standard InChI is InChI=1S/C23H28ClN3O2/c1-6-23(7-2,16-11-13-17(24)14-12-16)27-20-10-8-9-19(18(20)15-25-27)26-21(28)29-22(3,4)5/h8-15H,6-7H2,1-5H3,(H,26,28). The highest BCUT2D eigenvalue weighted by atomic mass is 35.5. The van der Waals surface area contributed by atoms with Crippen molar-refractivity contribution in [2.24, 2.45) is 0 Å². The van der Waals surface area contributed by atoms with E-state index in [9.17, 15) is 4.79 Å². The maximum absolute atomic E-state index is 12.3. The Hall–Kier alpha value is -2.53. The predicted molar refractivity (Wildman–Crippen MR) is 119 cm³/mol. The van der Waals surface area contributed by atoms with E-state index >= 15 is 0 Å². The highest BCUT2D eigenvalue weighted by molar-refractivity contribution is 6.30. The Kier molecular flexibility index (Phi) is 5.90. The Morgan fingerprint density at radius 2 is 1.76 bits per heavy atom. The second-order valence-corrected chi connectivity index (χ2v) is 8.60. The monoisotopic (exact) mass is 413 g/mol. The van der Waals surface area contributed by atoms with Crippen LogP contribution < -0.4 is 5.32 Å². The number of anilines is 1. The Bertz CT molecular complexity index is 999. The van der Waals surface area contributed by atoms with Crippen LogP contribution in [0, 0.1) is 0 Å². The average molecular weight is 414 g/mol. The van der Waals surface area contributed by atoms with Crippen molar-refractivity contribution in [2.45, 2.75) is 58.6 Å². The Balaban J connectivity index is 2.06. The van der Waals surface area contributed by atoms with Gasteiger partial charge in [-0.1, -0.05) is 43.6 Å². The summed E-state index contributed by atoms with van der Waals surface area (Å²) >= 11 is 6.11. The molecular weight excluding hydrogens is 386 g/mol. The summed E-state index contributed by atoms with van der Waals surface area (Å²) < 4.78 is 7.46. The molecule has 0 aliphatic carbocycles. The first-order valence-electron chi connectivity index (χ1n) is 9.93. The van der Waals surface area contributed by atoms with E-state index in [0.717, 1.165) is 29.3 Å². The molecule has 1 amide bonds. The molecule has 0 saturated carbocycles. The molecule has 0 unspecified atom stereocenters. The van der Waals surface area contributed by atoms with Gasteiger partial charge in [-0.2, -0.15) is 5.10 Å². The fraction of sp³-hybridized carbons (Fsp3) is 0.391. The topological polar surface area (TPSA) is 56.2 Å². The maximum atomic E-state index is 12.3. The minimum absolute atomic E-state index is 0.309. The largest absolute Gasteiger partial charge is 0.444 e. The van der Waals surface area contributed by atoms with E-state index in [1.807, 2.05) is 51.1 Å². The number of hydrogen-bond acceptors (Lipinski definition) is 3. The smallest absolute Gasteiger partial charge is 0.412 e. The van der Waals surface area contributed by atoms with E-state index in [-0.39, 0.29) is 5.54 Å². The van der Waals surface area contributed by atoms with Gasteiger partial charge in [-0.05, 0) is 63.4 Å². The van der Waals surface area contributed by atoms with Crippen LogP contribution in [-0.4, -0.2) is 21.5 Å². The molecule has 0 radical (unpaired) electrons. The quantitative estimate of drug-likeness (QED) is 0.512. The number of carbonyl (C=O) groups is 1. The SMILES string of the molecule is CCC(CC)(c1ccc(Cl)cc1)n1ncc2c(NC(=O)OC(C)(C)C)cccc21. The molecular formula is C23H28ClN3O2. The number of ether oxygens (including phenoxy) is 1. The average Bonchev–Trinajstić information content (AvgIpc) is 3.09. The van der Waals surface area contributed by atoms with E-state index in [4.69, 9.17) is 21.4 Å². The van der Waals surface area contributed by atoms with E-state index < -0.39 is 11.7 Å². The van der Waals surface area contributed by atoms with Gasteiger partial charge in [0.05, 0.1) is 22.9 Å². The van der Waals surface area contributed by atoms with Crippen molar-refractivity contribution in [2.75, 3.05) is 5.32 Å². The number of halogens is 1. The summed E-state index contributed by atoms with van der Waals surface area (Å²) in [5.74, 6) is 0. The van der Waals surface area contributed by atoms with Gasteiger partial charge in [0, 0.05) is 10.4 Å². The third-order valence-electron chi connectivity index (χ3n) is 5.21. The van der Waals surface area contributed by atoms with Crippen molar-refractivity contribution in [1.82, 2.24) is 9.78 Å². The molecule has 0 aliphatic rings. The summed E-state index contributed by atoms with van der Waals surface area (Å²) in [4.78, 5) is 12.3. The van der Waals surface area contributed by atoms with Crippen LogP contribution in [0.2, 0.25) is 5.02 Å². The van der Waals surface area contributed by atoms with Crippen LogP contribution in [-0.2, 0) is 10.3 Å². The van der Waals surface area contributed by atoms with Gasteiger partial charge in [0.25, 0.3) is 0 Å². The van der Waals surface area contributed by atoms with Crippen LogP contribution >= 0.6 is 11.6 Å². The summed E-state index contributed by atoms with van der Waals surface area (Å²) in [5.41, 5.74) is 1.92. The molecule has 154 valence electrons. The van der Waals surface area contributed by atoms with E-state index in [1.54, 1.807) is 6.20 Å². The molecule has 29 heavy (non-hydrogen) atoms. The zero-order valence-electron chi connectivity index (χ0n) is 17.6. The fourth-order valence-electron chi connectivity index (χ4n) is 3.75. The van der Waals surface area contributed by atoms with Crippen molar-refractivity contribution < 1.29 is 9.53 Å². The van der Waals surface area contributed by atoms with Crippen molar-refractivity contribution in [3.05, 3.63) is 59.2 Å². The van der Waals surface area contributed by atoms with Gasteiger partial charge in [-0.3, -0.25) is 10.00 Å². The van der Waals surface area contributed by atoms with Crippen molar-refractivity contribution in [3.63, 3.8) is 0 Å². The van der Waals surface area contributed by atoms with Gasteiger partial charge >= 0.3 is 6.09 Å². The molecule has 1 N–H and O–H groups in total. The maximum Gasteiger partial charge on any atom is 0.412 e. The predicted octanol–water partition coefficient (Wildman–Crippen LogP) is 6.60. The molecule has 1 heterocycles. The van der Waals surface area contributed by atoms with E-state index in [0.29, 0.717) is 10.7 Å². The molecule has 0 saturated heterocycles. The molecule has 3 aromatic rings. The van der Waals surface area contributed by atoms with Gasteiger partial charge in [-0.25, -0.2) is 4.79 Å². The fourth-order valence-corrected chi connectivity index (χ4v) is 3.88. The number of benzene rings is 2.